The van der Waals surface area contributed by atoms with E-state index in [1.807, 2.05) is 0 Å². The van der Waals surface area contributed by atoms with Gasteiger partial charge in [0, 0.05) is 6.07 Å². The fourth-order valence-corrected chi connectivity index (χ4v) is 1.45. The molecule has 0 aliphatic heterocycles. The summed E-state index contributed by atoms with van der Waals surface area (Å²) in [7, 11) is 0. The Bertz CT molecular complexity index is 502. The SMILES string of the molecule is O=[N+]([O-])c1cccc2cccc(O)c12. The van der Waals surface area contributed by atoms with Crippen LogP contribution in [0.3, 0.4) is 0 Å². The van der Waals surface area contributed by atoms with Crippen LogP contribution in [0.25, 0.3) is 10.8 Å². The van der Waals surface area contributed by atoms with Crippen molar-refractivity contribution in [2.45, 2.75) is 0 Å². The zero-order chi connectivity index (χ0) is 10.1. The second kappa shape index (κ2) is 2.99. The molecule has 2 aromatic rings. The molecule has 4 heteroatoms. The highest BCUT2D eigenvalue weighted by atomic mass is 16.6. The predicted molar refractivity (Wildman–Crippen MR) is 52.3 cm³/mol. The van der Waals surface area contributed by atoms with Gasteiger partial charge in [0.05, 0.1) is 4.92 Å². The maximum Gasteiger partial charge on any atom is 0.280 e. The van der Waals surface area contributed by atoms with E-state index in [0.29, 0.717) is 10.8 Å². The van der Waals surface area contributed by atoms with Crippen molar-refractivity contribution in [3.63, 3.8) is 0 Å². The molecule has 0 spiro atoms. The number of fused-ring (bicyclic) bond motifs is 1. The van der Waals surface area contributed by atoms with Gasteiger partial charge in [0.25, 0.3) is 5.69 Å². The lowest BCUT2D eigenvalue weighted by Gasteiger charge is -2.00. The smallest absolute Gasteiger partial charge is 0.280 e. The summed E-state index contributed by atoms with van der Waals surface area (Å²) >= 11 is 0. The van der Waals surface area contributed by atoms with Crippen LogP contribution in [0.2, 0.25) is 0 Å². The molecule has 0 fully saturated rings. The summed E-state index contributed by atoms with van der Waals surface area (Å²) in [5.74, 6) is -0.0604. The third kappa shape index (κ3) is 1.17. The minimum atomic E-state index is -0.498. The average Bonchev–Trinajstić information content (AvgIpc) is 2.17. The van der Waals surface area contributed by atoms with Crippen LogP contribution in [-0.2, 0) is 0 Å². The third-order valence-corrected chi connectivity index (χ3v) is 2.06. The molecule has 0 unspecified atom stereocenters. The van der Waals surface area contributed by atoms with Gasteiger partial charge in [-0.05, 0) is 11.5 Å². The molecule has 0 aromatic heterocycles. The Morgan fingerprint density at radius 2 is 1.79 bits per heavy atom. The molecule has 14 heavy (non-hydrogen) atoms. The molecule has 4 nitrogen and oxygen atoms in total. The van der Waals surface area contributed by atoms with E-state index in [1.54, 1.807) is 24.3 Å². The Hall–Kier alpha value is -2.10. The van der Waals surface area contributed by atoms with Gasteiger partial charge in [-0.3, -0.25) is 10.1 Å². The van der Waals surface area contributed by atoms with E-state index < -0.39 is 4.92 Å². The fourth-order valence-electron chi connectivity index (χ4n) is 1.45. The summed E-state index contributed by atoms with van der Waals surface area (Å²) in [6, 6.07) is 9.52. The van der Waals surface area contributed by atoms with Crippen LogP contribution in [-0.4, -0.2) is 10.0 Å². The number of phenols is 1. The molecule has 0 bridgehead atoms. The number of rotatable bonds is 1. The Labute approximate surface area is 79.6 Å². The second-order valence-electron chi connectivity index (χ2n) is 2.91. The monoisotopic (exact) mass is 189 g/mol. The number of hydrogen-bond donors (Lipinski definition) is 1. The van der Waals surface area contributed by atoms with E-state index in [4.69, 9.17) is 0 Å². The maximum atomic E-state index is 10.7. The first-order valence-corrected chi connectivity index (χ1v) is 4.05. The highest BCUT2D eigenvalue weighted by molar-refractivity contribution is 5.95. The first kappa shape index (κ1) is 8.50. The Balaban J connectivity index is 2.91. The molecule has 0 aliphatic carbocycles. The maximum absolute atomic E-state index is 10.7. The van der Waals surface area contributed by atoms with Crippen molar-refractivity contribution in [3.05, 3.63) is 46.5 Å². The quantitative estimate of drug-likeness (QED) is 0.553. The average molecular weight is 189 g/mol. The van der Waals surface area contributed by atoms with E-state index in [2.05, 4.69) is 0 Å². The number of hydrogen-bond acceptors (Lipinski definition) is 3. The molecule has 0 saturated carbocycles. The minimum absolute atomic E-state index is 0.0604. The van der Waals surface area contributed by atoms with Crippen molar-refractivity contribution >= 4 is 16.5 Å². The molecule has 0 saturated heterocycles. The van der Waals surface area contributed by atoms with E-state index in [1.165, 1.54) is 12.1 Å². The van der Waals surface area contributed by atoms with Gasteiger partial charge in [-0.15, -0.1) is 0 Å². The highest BCUT2D eigenvalue weighted by Gasteiger charge is 2.13. The summed E-state index contributed by atoms with van der Waals surface area (Å²) in [6.07, 6.45) is 0. The Kier molecular flexibility index (Phi) is 1.81. The molecule has 0 atom stereocenters. The zero-order valence-electron chi connectivity index (χ0n) is 7.18. The molecule has 0 heterocycles. The molecule has 0 amide bonds. The standard InChI is InChI=1S/C10H7NO3/c12-9-6-2-4-7-3-1-5-8(10(7)9)11(13)14/h1-6,12H. The van der Waals surface area contributed by atoms with Gasteiger partial charge in [0.2, 0.25) is 0 Å². The van der Waals surface area contributed by atoms with Crippen molar-refractivity contribution < 1.29 is 10.0 Å². The molecular weight excluding hydrogens is 182 g/mol. The Morgan fingerprint density at radius 3 is 2.43 bits per heavy atom. The van der Waals surface area contributed by atoms with Crippen LogP contribution >= 0.6 is 0 Å². The normalized spacial score (nSPS) is 10.3. The van der Waals surface area contributed by atoms with Crippen molar-refractivity contribution in [2.24, 2.45) is 0 Å². The Morgan fingerprint density at radius 1 is 1.14 bits per heavy atom. The largest absolute Gasteiger partial charge is 0.507 e. The number of benzene rings is 2. The van der Waals surface area contributed by atoms with Crippen molar-refractivity contribution in [2.75, 3.05) is 0 Å². The van der Waals surface area contributed by atoms with E-state index in [0.717, 1.165) is 0 Å². The molecular formula is C10H7NO3. The first-order valence-electron chi connectivity index (χ1n) is 4.05. The minimum Gasteiger partial charge on any atom is -0.507 e. The number of non-ortho nitro benzene ring substituents is 1. The molecule has 0 radical (unpaired) electrons. The van der Waals surface area contributed by atoms with Crippen LogP contribution in [0.4, 0.5) is 5.69 Å². The molecule has 70 valence electrons. The molecule has 2 rings (SSSR count). The van der Waals surface area contributed by atoms with Crippen LogP contribution in [0.1, 0.15) is 0 Å². The number of nitrogens with zero attached hydrogens (tertiary/aromatic N) is 1. The van der Waals surface area contributed by atoms with E-state index in [-0.39, 0.29) is 11.4 Å². The van der Waals surface area contributed by atoms with Gasteiger partial charge in [-0.25, -0.2) is 0 Å². The summed E-state index contributed by atoms with van der Waals surface area (Å²) in [4.78, 5) is 10.2. The van der Waals surface area contributed by atoms with E-state index >= 15 is 0 Å². The topological polar surface area (TPSA) is 63.4 Å². The lowest BCUT2D eigenvalue weighted by molar-refractivity contribution is -0.383. The van der Waals surface area contributed by atoms with Crippen molar-refractivity contribution in [1.29, 1.82) is 0 Å². The van der Waals surface area contributed by atoms with Crippen LogP contribution < -0.4 is 0 Å². The third-order valence-electron chi connectivity index (χ3n) is 2.06. The summed E-state index contributed by atoms with van der Waals surface area (Å²) in [6.45, 7) is 0. The lowest BCUT2D eigenvalue weighted by atomic mass is 10.1. The van der Waals surface area contributed by atoms with Gasteiger partial charge < -0.3 is 5.11 Å². The summed E-state index contributed by atoms with van der Waals surface area (Å²) < 4.78 is 0. The highest BCUT2D eigenvalue weighted by Crippen LogP contribution is 2.32. The number of nitro groups is 1. The number of phenolic OH excluding ortho intramolecular Hbond substituents is 1. The molecule has 1 N–H and O–H groups in total. The zero-order valence-corrected chi connectivity index (χ0v) is 7.18. The van der Waals surface area contributed by atoms with Gasteiger partial charge in [-0.1, -0.05) is 24.3 Å². The van der Waals surface area contributed by atoms with Gasteiger partial charge >= 0.3 is 0 Å². The molecule has 2 aromatic carbocycles. The van der Waals surface area contributed by atoms with Gasteiger partial charge in [0.1, 0.15) is 11.1 Å². The lowest BCUT2D eigenvalue weighted by Crippen LogP contribution is -1.89. The van der Waals surface area contributed by atoms with Crippen molar-refractivity contribution in [3.8, 4) is 5.75 Å². The summed E-state index contributed by atoms with van der Waals surface area (Å²) in [5, 5.41) is 21.1. The molecule has 0 aliphatic rings. The van der Waals surface area contributed by atoms with Gasteiger partial charge in [0.15, 0.2) is 0 Å². The fraction of sp³-hybridized carbons (Fsp3) is 0. The van der Waals surface area contributed by atoms with Crippen LogP contribution in [0, 0.1) is 10.1 Å². The van der Waals surface area contributed by atoms with Crippen LogP contribution in [0.15, 0.2) is 36.4 Å². The van der Waals surface area contributed by atoms with Gasteiger partial charge in [-0.2, -0.15) is 0 Å². The first-order chi connectivity index (χ1) is 6.70. The second-order valence-corrected chi connectivity index (χ2v) is 2.91. The number of nitro benzene ring substituents is 1. The predicted octanol–water partition coefficient (Wildman–Crippen LogP) is 2.45. The van der Waals surface area contributed by atoms with E-state index in [9.17, 15) is 15.2 Å². The van der Waals surface area contributed by atoms with Crippen LogP contribution in [0.5, 0.6) is 5.75 Å². The van der Waals surface area contributed by atoms with Crippen molar-refractivity contribution in [1.82, 2.24) is 0 Å². The summed E-state index contributed by atoms with van der Waals surface area (Å²) in [5.41, 5.74) is -0.0689. The number of aromatic hydroxyl groups is 1.